The van der Waals surface area contributed by atoms with E-state index in [2.05, 4.69) is 4.89 Å². The predicted octanol–water partition coefficient (Wildman–Crippen LogP) is 2.82. The van der Waals surface area contributed by atoms with E-state index < -0.39 is 15.8 Å². The van der Waals surface area contributed by atoms with E-state index in [4.69, 9.17) is 5.26 Å². The molecule has 0 fully saturated rings. The standard InChI is InChI=1S/C7H6O3.C6H4N2O4/c8-7(10-9)6-4-2-1-3-5-6;9-7(10)5-1-2-6(4-3-5)8(11)12/h1-5,9H;1-4H. The molecule has 1 N–H and O–H groups in total. The molecule has 114 valence electrons. The van der Waals surface area contributed by atoms with Crippen molar-refractivity contribution >= 4 is 17.3 Å². The van der Waals surface area contributed by atoms with Gasteiger partial charge in [-0.2, -0.15) is 5.26 Å². The molecular formula is C13H10N2O7. The highest BCUT2D eigenvalue weighted by Gasteiger charge is 2.08. The molecule has 0 spiro atoms. The highest BCUT2D eigenvalue weighted by atomic mass is 17.1. The maximum atomic E-state index is 10.5. The molecule has 2 aromatic rings. The van der Waals surface area contributed by atoms with Crippen molar-refractivity contribution in [2.75, 3.05) is 0 Å². The molecule has 0 aromatic heterocycles. The van der Waals surface area contributed by atoms with Gasteiger partial charge in [-0.3, -0.25) is 25.1 Å². The molecule has 2 rings (SSSR count). The molecule has 2 aromatic carbocycles. The molecule has 0 unspecified atom stereocenters. The minimum Gasteiger partial charge on any atom is -0.296 e. The lowest BCUT2D eigenvalue weighted by Gasteiger charge is -1.92. The van der Waals surface area contributed by atoms with Crippen LogP contribution in [0.25, 0.3) is 0 Å². The van der Waals surface area contributed by atoms with Gasteiger partial charge in [0.1, 0.15) is 0 Å². The lowest BCUT2D eigenvalue weighted by Crippen LogP contribution is -2.00. The zero-order valence-electron chi connectivity index (χ0n) is 11.0. The first kappa shape index (κ1) is 16.7. The second-order valence-electron chi connectivity index (χ2n) is 3.78. The fourth-order valence-electron chi connectivity index (χ4n) is 1.32. The lowest BCUT2D eigenvalue weighted by molar-refractivity contribution is -0.389. The molecule has 0 atom stereocenters. The van der Waals surface area contributed by atoms with Crippen LogP contribution in [0.5, 0.6) is 0 Å². The van der Waals surface area contributed by atoms with Crippen LogP contribution < -0.4 is 0 Å². The first-order chi connectivity index (χ1) is 10.5. The quantitative estimate of drug-likeness (QED) is 0.523. The summed E-state index contributed by atoms with van der Waals surface area (Å²) in [6.07, 6.45) is 0. The number of non-ortho nitro benzene ring substituents is 2. The zero-order chi connectivity index (χ0) is 16.5. The van der Waals surface area contributed by atoms with E-state index in [1.54, 1.807) is 30.3 Å². The summed E-state index contributed by atoms with van der Waals surface area (Å²) in [6.45, 7) is 0. The van der Waals surface area contributed by atoms with Gasteiger partial charge in [0.2, 0.25) is 0 Å². The summed E-state index contributed by atoms with van der Waals surface area (Å²) in [5.74, 6) is -0.736. The minimum absolute atomic E-state index is 0.152. The summed E-state index contributed by atoms with van der Waals surface area (Å²) in [6, 6.07) is 12.6. The maximum Gasteiger partial charge on any atom is 0.372 e. The largest absolute Gasteiger partial charge is 0.372 e. The molecule has 0 saturated carbocycles. The van der Waals surface area contributed by atoms with Gasteiger partial charge in [0.05, 0.1) is 15.4 Å². The number of benzene rings is 2. The van der Waals surface area contributed by atoms with Crippen LogP contribution in [-0.2, 0) is 4.89 Å². The van der Waals surface area contributed by atoms with Gasteiger partial charge in [0.25, 0.3) is 11.4 Å². The van der Waals surface area contributed by atoms with E-state index in [0.717, 1.165) is 24.3 Å². The van der Waals surface area contributed by atoms with Gasteiger partial charge in [0.15, 0.2) is 0 Å². The number of carbonyl (C=O) groups is 1. The SMILES string of the molecule is O=C(OO)c1ccccc1.O=[N+]([O-])c1ccc([N+](=O)[O-])cc1. The van der Waals surface area contributed by atoms with Crippen molar-refractivity contribution < 1.29 is 24.8 Å². The zero-order valence-corrected chi connectivity index (χ0v) is 11.0. The fraction of sp³-hybridized carbons (Fsp3) is 0. The van der Waals surface area contributed by atoms with E-state index in [1.807, 2.05) is 0 Å². The first-order valence-electron chi connectivity index (χ1n) is 5.75. The van der Waals surface area contributed by atoms with Crippen molar-refractivity contribution in [1.29, 1.82) is 0 Å². The Morgan fingerprint density at radius 1 is 0.864 bits per heavy atom. The predicted molar refractivity (Wildman–Crippen MR) is 74.2 cm³/mol. The minimum atomic E-state index is -0.736. The number of nitrogens with zero attached hydrogens (tertiary/aromatic N) is 2. The number of rotatable bonds is 3. The average molecular weight is 306 g/mol. The van der Waals surface area contributed by atoms with Crippen LogP contribution in [0.1, 0.15) is 10.4 Å². The second kappa shape index (κ2) is 8.07. The van der Waals surface area contributed by atoms with Crippen LogP contribution in [0.15, 0.2) is 54.6 Å². The van der Waals surface area contributed by atoms with E-state index in [9.17, 15) is 25.0 Å². The Kier molecular flexibility index (Phi) is 6.13. The van der Waals surface area contributed by atoms with E-state index >= 15 is 0 Å². The molecule has 22 heavy (non-hydrogen) atoms. The van der Waals surface area contributed by atoms with Crippen LogP contribution >= 0.6 is 0 Å². The van der Waals surface area contributed by atoms with Crippen LogP contribution in [0, 0.1) is 20.2 Å². The maximum absolute atomic E-state index is 10.5. The molecule has 0 radical (unpaired) electrons. The van der Waals surface area contributed by atoms with Gasteiger partial charge >= 0.3 is 5.97 Å². The smallest absolute Gasteiger partial charge is 0.296 e. The third-order valence-corrected chi connectivity index (χ3v) is 2.36. The molecule has 9 nitrogen and oxygen atoms in total. The van der Waals surface area contributed by atoms with E-state index in [0.29, 0.717) is 5.56 Å². The number of nitro groups is 2. The monoisotopic (exact) mass is 306 g/mol. The molecule has 0 amide bonds. The molecule has 0 heterocycles. The Bertz CT molecular complexity index is 623. The van der Waals surface area contributed by atoms with Crippen molar-refractivity contribution in [3.8, 4) is 0 Å². The Labute approximate surface area is 123 Å². The third kappa shape index (κ3) is 4.98. The summed E-state index contributed by atoms with van der Waals surface area (Å²) in [5, 5.41) is 28.2. The summed E-state index contributed by atoms with van der Waals surface area (Å²) < 4.78 is 0. The van der Waals surface area contributed by atoms with Crippen molar-refractivity contribution in [3.05, 3.63) is 80.4 Å². The topological polar surface area (TPSA) is 133 Å². The van der Waals surface area contributed by atoms with E-state index in [1.165, 1.54) is 0 Å². The molecule has 0 aliphatic rings. The summed E-state index contributed by atoms with van der Waals surface area (Å²) in [4.78, 5) is 33.1. The van der Waals surface area contributed by atoms with Crippen molar-refractivity contribution in [3.63, 3.8) is 0 Å². The number of hydrogen-bond donors (Lipinski definition) is 1. The van der Waals surface area contributed by atoms with Gasteiger partial charge in [-0.15, -0.1) is 0 Å². The average Bonchev–Trinajstić information content (AvgIpc) is 2.55. The molecule has 9 heteroatoms. The number of nitro benzene ring substituents is 2. The van der Waals surface area contributed by atoms with E-state index in [-0.39, 0.29) is 11.4 Å². The Hall–Kier alpha value is -3.33. The van der Waals surface area contributed by atoms with Crippen LogP contribution in [0.2, 0.25) is 0 Å². The first-order valence-corrected chi connectivity index (χ1v) is 5.75. The lowest BCUT2D eigenvalue weighted by atomic mass is 10.2. The molecule has 0 saturated heterocycles. The van der Waals surface area contributed by atoms with Gasteiger partial charge in [0, 0.05) is 24.3 Å². The fourth-order valence-corrected chi connectivity index (χ4v) is 1.32. The molecular weight excluding hydrogens is 296 g/mol. The van der Waals surface area contributed by atoms with Crippen LogP contribution in [0.4, 0.5) is 11.4 Å². The Morgan fingerprint density at radius 2 is 1.27 bits per heavy atom. The normalized spacial score (nSPS) is 9.14. The highest BCUT2D eigenvalue weighted by molar-refractivity contribution is 5.88. The number of hydrogen-bond acceptors (Lipinski definition) is 7. The van der Waals surface area contributed by atoms with Crippen LogP contribution in [-0.4, -0.2) is 21.1 Å². The van der Waals surface area contributed by atoms with Gasteiger partial charge in [-0.1, -0.05) is 18.2 Å². The van der Waals surface area contributed by atoms with Gasteiger partial charge < -0.3 is 0 Å². The Morgan fingerprint density at radius 3 is 1.59 bits per heavy atom. The molecule has 0 bridgehead atoms. The summed E-state index contributed by atoms with van der Waals surface area (Å²) >= 11 is 0. The van der Waals surface area contributed by atoms with Crippen molar-refractivity contribution in [1.82, 2.24) is 0 Å². The van der Waals surface area contributed by atoms with Crippen molar-refractivity contribution in [2.24, 2.45) is 0 Å². The second-order valence-corrected chi connectivity index (χ2v) is 3.78. The van der Waals surface area contributed by atoms with Gasteiger partial charge in [-0.25, -0.2) is 4.79 Å². The van der Waals surface area contributed by atoms with Crippen molar-refractivity contribution in [2.45, 2.75) is 0 Å². The number of carbonyl (C=O) groups excluding carboxylic acids is 1. The third-order valence-electron chi connectivity index (χ3n) is 2.36. The molecule has 0 aliphatic carbocycles. The summed E-state index contributed by atoms with van der Waals surface area (Å²) in [7, 11) is 0. The van der Waals surface area contributed by atoms with Gasteiger partial charge in [-0.05, 0) is 12.1 Å². The Balaban J connectivity index is 0.000000224. The van der Waals surface area contributed by atoms with Crippen LogP contribution in [0.3, 0.4) is 0 Å². The molecule has 0 aliphatic heterocycles. The highest BCUT2D eigenvalue weighted by Crippen LogP contribution is 2.16. The summed E-state index contributed by atoms with van der Waals surface area (Å²) in [5.41, 5.74) is 0.0335.